The fourth-order valence-corrected chi connectivity index (χ4v) is 1.91. The zero-order valence-electron chi connectivity index (χ0n) is 10.3. The van der Waals surface area contributed by atoms with Gasteiger partial charge in [0.05, 0.1) is 0 Å². The van der Waals surface area contributed by atoms with Gasteiger partial charge in [-0.1, -0.05) is 43.7 Å². The highest BCUT2D eigenvalue weighted by Gasteiger charge is 2.08. The number of nitrogens with one attached hydrogen (secondary N) is 1. The predicted molar refractivity (Wildman–Crippen MR) is 70.4 cm³/mol. The van der Waals surface area contributed by atoms with Gasteiger partial charge in [-0.05, 0) is 37.9 Å². The Kier molecular flexibility index (Phi) is 6.86. The maximum atomic E-state index is 5.49. The lowest BCUT2D eigenvalue weighted by Crippen LogP contribution is -2.22. The Bertz CT molecular complexity index is 259. The fraction of sp³-hybridized carbons (Fsp3) is 0.571. The van der Waals surface area contributed by atoms with E-state index in [1.807, 2.05) is 0 Å². The summed E-state index contributed by atoms with van der Waals surface area (Å²) >= 11 is 0. The molecule has 0 saturated carbocycles. The molecule has 0 amide bonds. The first-order valence-electron chi connectivity index (χ1n) is 6.37. The van der Waals surface area contributed by atoms with Crippen molar-refractivity contribution in [3.8, 4) is 0 Å². The van der Waals surface area contributed by atoms with Gasteiger partial charge < -0.3 is 11.1 Å². The Balaban J connectivity index is 2.41. The maximum absolute atomic E-state index is 5.49. The van der Waals surface area contributed by atoms with E-state index in [2.05, 4.69) is 42.6 Å². The topological polar surface area (TPSA) is 38.0 Å². The van der Waals surface area contributed by atoms with E-state index in [-0.39, 0.29) is 0 Å². The average Bonchev–Trinajstić information content (AvgIpc) is 2.34. The molecular formula is C14H24N2. The number of nitrogens with two attached hydrogens (primary N) is 1. The molecule has 90 valence electrons. The summed E-state index contributed by atoms with van der Waals surface area (Å²) < 4.78 is 0. The predicted octanol–water partition coefficient (Wildman–Crippen LogP) is 2.86. The van der Waals surface area contributed by atoms with E-state index in [0.717, 1.165) is 19.5 Å². The molecule has 0 radical (unpaired) electrons. The second kappa shape index (κ2) is 8.31. The van der Waals surface area contributed by atoms with Gasteiger partial charge in [0.2, 0.25) is 0 Å². The van der Waals surface area contributed by atoms with Crippen molar-refractivity contribution in [1.82, 2.24) is 5.32 Å². The van der Waals surface area contributed by atoms with Gasteiger partial charge in [-0.15, -0.1) is 0 Å². The molecule has 1 aromatic carbocycles. The van der Waals surface area contributed by atoms with E-state index in [0.29, 0.717) is 6.04 Å². The molecule has 1 unspecified atom stereocenters. The van der Waals surface area contributed by atoms with Crippen molar-refractivity contribution in [2.24, 2.45) is 5.73 Å². The van der Waals surface area contributed by atoms with Gasteiger partial charge in [0.25, 0.3) is 0 Å². The Morgan fingerprint density at radius 2 is 1.94 bits per heavy atom. The second-order valence-electron chi connectivity index (χ2n) is 4.20. The maximum Gasteiger partial charge on any atom is 0.0320 e. The number of hydrogen-bond donors (Lipinski definition) is 2. The molecule has 2 nitrogen and oxygen atoms in total. The Labute approximate surface area is 99.2 Å². The molecular weight excluding hydrogens is 196 g/mol. The molecule has 0 bridgehead atoms. The molecule has 1 rings (SSSR count). The highest BCUT2D eigenvalue weighted by Crippen LogP contribution is 2.17. The van der Waals surface area contributed by atoms with Crippen LogP contribution in [0.1, 0.15) is 44.2 Å². The molecule has 0 aliphatic heterocycles. The molecule has 0 heterocycles. The molecule has 2 heteroatoms. The minimum absolute atomic E-state index is 0.504. The van der Waals surface area contributed by atoms with E-state index >= 15 is 0 Å². The van der Waals surface area contributed by atoms with Crippen LogP contribution in [0.2, 0.25) is 0 Å². The van der Waals surface area contributed by atoms with Gasteiger partial charge in [-0.2, -0.15) is 0 Å². The van der Waals surface area contributed by atoms with Gasteiger partial charge in [-0.3, -0.25) is 0 Å². The van der Waals surface area contributed by atoms with Crippen molar-refractivity contribution >= 4 is 0 Å². The molecule has 0 fully saturated rings. The molecule has 0 aromatic heterocycles. The van der Waals surface area contributed by atoms with Crippen molar-refractivity contribution in [3.63, 3.8) is 0 Å². The highest BCUT2D eigenvalue weighted by molar-refractivity contribution is 5.18. The lowest BCUT2D eigenvalue weighted by Gasteiger charge is -2.18. The van der Waals surface area contributed by atoms with Crippen LogP contribution in [-0.2, 0) is 0 Å². The van der Waals surface area contributed by atoms with Crippen LogP contribution in [0.5, 0.6) is 0 Å². The van der Waals surface area contributed by atoms with Gasteiger partial charge in [0, 0.05) is 6.04 Å². The van der Waals surface area contributed by atoms with E-state index < -0.39 is 0 Å². The summed E-state index contributed by atoms with van der Waals surface area (Å²) in [5.41, 5.74) is 6.89. The van der Waals surface area contributed by atoms with Crippen LogP contribution in [0.4, 0.5) is 0 Å². The number of benzene rings is 1. The molecule has 0 saturated heterocycles. The van der Waals surface area contributed by atoms with Crippen LogP contribution in [0.15, 0.2) is 30.3 Å². The first-order valence-corrected chi connectivity index (χ1v) is 6.37. The molecule has 16 heavy (non-hydrogen) atoms. The van der Waals surface area contributed by atoms with Crippen molar-refractivity contribution in [2.75, 3.05) is 13.1 Å². The quantitative estimate of drug-likeness (QED) is 0.661. The Hall–Kier alpha value is -0.860. The minimum atomic E-state index is 0.504. The van der Waals surface area contributed by atoms with Crippen molar-refractivity contribution in [2.45, 2.75) is 38.6 Å². The largest absolute Gasteiger partial charge is 0.330 e. The van der Waals surface area contributed by atoms with Crippen LogP contribution >= 0.6 is 0 Å². The molecule has 0 aliphatic rings. The van der Waals surface area contributed by atoms with E-state index in [1.54, 1.807) is 0 Å². The lowest BCUT2D eigenvalue weighted by molar-refractivity contribution is 0.483. The summed E-state index contributed by atoms with van der Waals surface area (Å²) in [5.74, 6) is 0. The Morgan fingerprint density at radius 3 is 2.56 bits per heavy atom. The normalized spacial score (nSPS) is 12.6. The molecule has 3 N–H and O–H groups in total. The highest BCUT2D eigenvalue weighted by atomic mass is 14.9. The van der Waals surface area contributed by atoms with E-state index in [9.17, 15) is 0 Å². The van der Waals surface area contributed by atoms with Crippen LogP contribution in [0, 0.1) is 0 Å². The van der Waals surface area contributed by atoms with Gasteiger partial charge in [-0.25, -0.2) is 0 Å². The summed E-state index contributed by atoms with van der Waals surface area (Å²) in [6, 6.07) is 11.2. The summed E-state index contributed by atoms with van der Waals surface area (Å²) in [5, 5.41) is 3.62. The van der Waals surface area contributed by atoms with Crippen LogP contribution in [0.25, 0.3) is 0 Å². The number of hydrogen-bond acceptors (Lipinski definition) is 2. The van der Waals surface area contributed by atoms with Gasteiger partial charge in [0.15, 0.2) is 0 Å². The zero-order chi connectivity index (χ0) is 11.6. The number of unbranched alkanes of at least 4 members (excludes halogenated alkanes) is 1. The summed E-state index contributed by atoms with van der Waals surface area (Å²) in [7, 11) is 0. The van der Waals surface area contributed by atoms with E-state index in [1.165, 1.54) is 24.8 Å². The SMILES string of the molecule is CCCC(NCCCCN)c1ccccc1. The standard InChI is InChI=1S/C14H24N2/c1-2-8-14(16-12-7-6-11-15)13-9-4-3-5-10-13/h3-5,9-10,14,16H,2,6-8,11-12,15H2,1H3. The van der Waals surface area contributed by atoms with Crippen LogP contribution in [-0.4, -0.2) is 13.1 Å². The van der Waals surface area contributed by atoms with Crippen LogP contribution in [0.3, 0.4) is 0 Å². The monoisotopic (exact) mass is 220 g/mol. The fourth-order valence-electron chi connectivity index (χ4n) is 1.91. The second-order valence-corrected chi connectivity index (χ2v) is 4.20. The summed E-state index contributed by atoms with van der Waals surface area (Å²) in [6.45, 7) is 4.10. The molecule has 1 atom stereocenters. The lowest BCUT2D eigenvalue weighted by atomic mass is 10.0. The average molecular weight is 220 g/mol. The summed E-state index contributed by atoms with van der Waals surface area (Å²) in [6.07, 6.45) is 4.69. The molecule has 1 aromatic rings. The third-order valence-electron chi connectivity index (χ3n) is 2.80. The zero-order valence-corrected chi connectivity index (χ0v) is 10.3. The van der Waals surface area contributed by atoms with Crippen molar-refractivity contribution < 1.29 is 0 Å². The smallest absolute Gasteiger partial charge is 0.0320 e. The van der Waals surface area contributed by atoms with Gasteiger partial charge in [0.1, 0.15) is 0 Å². The van der Waals surface area contributed by atoms with Crippen molar-refractivity contribution in [1.29, 1.82) is 0 Å². The Morgan fingerprint density at radius 1 is 1.19 bits per heavy atom. The van der Waals surface area contributed by atoms with Crippen LogP contribution < -0.4 is 11.1 Å². The number of rotatable bonds is 8. The third kappa shape index (κ3) is 4.77. The van der Waals surface area contributed by atoms with Gasteiger partial charge >= 0.3 is 0 Å². The molecule has 0 spiro atoms. The third-order valence-corrected chi connectivity index (χ3v) is 2.80. The first-order chi connectivity index (χ1) is 7.88. The molecule has 0 aliphatic carbocycles. The van der Waals surface area contributed by atoms with E-state index in [4.69, 9.17) is 5.73 Å². The summed E-state index contributed by atoms with van der Waals surface area (Å²) in [4.78, 5) is 0. The van der Waals surface area contributed by atoms with Crippen molar-refractivity contribution in [3.05, 3.63) is 35.9 Å². The minimum Gasteiger partial charge on any atom is -0.330 e. The first kappa shape index (κ1) is 13.2.